The summed E-state index contributed by atoms with van der Waals surface area (Å²) in [5.74, 6) is 0.385. The number of rotatable bonds is 9. The molecule has 2 saturated carbocycles. The summed E-state index contributed by atoms with van der Waals surface area (Å²) in [6.45, 7) is 3.94. The summed E-state index contributed by atoms with van der Waals surface area (Å²) in [5, 5.41) is 3.10. The van der Waals surface area contributed by atoms with Crippen molar-refractivity contribution in [3.63, 3.8) is 0 Å². The average molecular weight is 587 g/mol. The van der Waals surface area contributed by atoms with Gasteiger partial charge >= 0.3 is 12.3 Å². The number of benzene rings is 2. The molecule has 2 aromatic carbocycles. The zero-order valence-corrected chi connectivity index (χ0v) is 23.9. The van der Waals surface area contributed by atoms with Gasteiger partial charge in [-0.3, -0.25) is 14.5 Å². The lowest BCUT2D eigenvalue weighted by atomic mass is 9.55. The van der Waals surface area contributed by atoms with Crippen LogP contribution >= 0.6 is 0 Å². The normalized spacial score (nSPS) is 26.4. The van der Waals surface area contributed by atoms with E-state index in [2.05, 4.69) is 21.0 Å². The molecule has 0 aromatic heterocycles. The van der Waals surface area contributed by atoms with Crippen LogP contribution in [0.5, 0.6) is 11.5 Å². The van der Waals surface area contributed by atoms with Gasteiger partial charge in [-0.1, -0.05) is 24.3 Å². The first-order valence-electron chi connectivity index (χ1n) is 14.4. The minimum atomic E-state index is -4.80. The van der Waals surface area contributed by atoms with Crippen LogP contribution in [0.3, 0.4) is 0 Å². The fourth-order valence-electron chi connectivity index (χ4n) is 6.79. The topological polar surface area (TPSA) is 77.1 Å². The van der Waals surface area contributed by atoms with Gasteiger partial charge in [0.25, 0.3) is 0 Å². The molecule has 5 rings (SSSR count). The summed E-state index contributed by atoms with van der Waals surface area (Å²) in [4.78, 5) is 28.0. The van der Waals surface area contributed by atoms with Crippen molar-refractivity contribution in [1.82, 2.24) is 10.2 Å². The maximum absolute atomic E-state index is 13.0. The summed E-state index contributed by atoms with van der Waals surface area (Å²) in [6, 6.07) is 13.1. The molecule has 0 radical (unpaired) electrons. The number of likely N-dealkylation sites (tertiary alicyclic amines) is 1. The molecule has 10 heteroatoms. The fourth-order valence-corrected chi connectivity index (χ4v) is 6.79. The van der Waals surface area contributed by atoms with Crippen molar-refractivity contribution < 1.29 is 37.0 Å². The highest BCUT2D eigenvalue weighted by Gasteiger charge is 2.61. The van der Waals surface area contributed by atoms with Crippen molar-refractivity contribution in [2.45, 2.75) is 68.9 Å². The Bertz CT molecular complexity index is 1330. The first-order valence-corrected chi connectivity index (χ1v) is 14.4. The lowest BCUT2D eigenvalue weighted by Crippen LogP contribution is -2.68. The summed E-state index contributed by atoms with van der Waals surface area (Å²) in [5.41, 5.74) is 0.121. The van der Waals surface area contributed by atoms with E-state index >= 15 is 0 Å². The molecule has 7 nitrogen and oxygen atoms in total. The second-order valence-corrected chi connectivity index (χ2v) is 11.7. The number of fused-ring (bicyclic) bond motifs is 1. The Labute approximate surface area is 244 Å². The van der Waals surface area contributed by atoms with E-state index in [9.17, 15) is 22.8 Å². The first kappa shape index (κ1) is 29.9. The largest absolute Gasteiger partial charge is 0.573 e. The number of carbonyl (C=O) groups is 2. The van der Waals surface area contributed by atoms with Crippen molar-refractivity contribution in [2.75, 3.05) is 26.7 Å². The van der Waals surface area contributed by atoms with Crippen LogP contribution in [-0.4, -0.2) is 61.5 Å². The van der Waals surface area contributed by atoms with Gasteiger partial charge in [-0.15, -0.1) is 13.2 Å². The standard InChI is InChI=1S/C32H37F3N2O5/c1-22(38)41-31-14-13-26(36-29(39)12-11-23-5-3-8-28(17-23)42-32(33,34)35)19-30(31,25-6-4-7-27(18-25)40-2)15-16-37(21-31)20-24-9-10-24/h3-8,11-12,17-18,24,26H,9-10,13-16,19-21H2,1-2H3,(H,36,39)/b12-11+. The third-order valence-corrected chi connectivity index (χ3v) is 8.74. The molecule has 0 spiro atoms. The summed E-state index contributed by atoms with van der Waals surface area (Å²) in [6.07, 6.45) is 2.97. The predicted octanol–water partition coefficient (Wildman–Crippen LogP) is 5.63. The molecule has 2 aliphatic carbocycles. The van der Waals surface area contributed by atoms with Gasteiger partial charge in [0.15, 0.2) is 0 Å². The fraction of sp³-hybridized carbons (Fsp3) is 0.500. The van der Waals surface area contributed by atoms with Crippen LogP contribution in [0.25, 0.3) is 6.08 Å². The number of hydrogen-bond acceptors (Lipinski definition) is 6. The third-order valence-electron chi connectivity index (χ3n) is 8.74. The highest BCUT2D eigenvalue weighted by Crippen LogP contribution is 2.54. The molecule has 1 N–H and O–H groups in total. The van der Waals surface area contributed by atoms with Gasteiger partial charge in [-0.05, 0) is 92.5 Å². The van der Waals surface area contributed by atoms with Crippen molar-refractivity contribution in [3.05, 3.63) is 65.7 Å². The summed E-state index contributed by atoms with van der Waals surface area (Å²) in [7, 11) is 1.62. The number of carbonyl (C=O) groups excluding carboxylic acids is 2. The van der Waals surface area contributed by atoms with E-state index in [1.807, 2.05) is 18.2 Å². The molecule has 3 atom stereocenters. The Morgan fingerprint density at radius 3 is 2.55 bits per heavy atom. The van der Waals surface area contributed by atoms with Gasteiger partial charge in [-0.25, -0.2) is 0 Å². The second-order valence-electron chi connectivity index (χ2n) is 11.7. The molecule has 42 heavy (non-hydrogen) atoms. The highest BCUT2D eigenvalue weighted by molar-refractivity contribution is 5.92. The molecule has 1 amide bonds. The second kappa shape index (κ2) is 12.0. The van der Waals surface area contributed by atoms with Crippen molar-refractivity contribution >= 4 is 18.0 Å². The van der Waals surface area contributed by atoms with Crippen molar-refractivity contribution in [2.24, 2.45) is 5.92 Å². The molecule has 1 aliphatic heterocycles. The van der Waals surface area contributed by atoms with Gasteiger partial charge < -0.3 is 19.5 Å². The molecule has 0 bridgehead atoms. The Morgan fingerprint density at radius 2 is 1.83 bits per heavy atom. The minimum absolute atomic E-state index is 0.202. The van der Waals surface area contributed by atoms with Gasteiger partial charge in [0, 0.05) is 37.5 Å². The third kappa shape index (κ3) is 6.91. The molecule has 1 saturated heterocycles. The first-order chi connectivity index (χ1) is 20.0. The smallest absolute Gasteiger partial charge is 0.497 e. The quantitative estimate of drug-likeness (QED) is 0.303. The minimum Gasteiger partial charge on any atom is -0.497 e. The van der Waals surface area contributed by atoms with Gasteiger partial charge in [0.1, 0.15) is 17.1 Å². The van der Waals surface area contributed by atoms with E-state index in [4.69, 9.17) is 9.47 Å². The number of halogens is 3. The van der Waals surface area contributed by atoms with E-state index in [1.165, 1.54) is 50.1 Å². The number of alkyl halides is 3. The molecule has 1 heterocycles. The molecular weight excluding hydrogens is 549 g/mol. The Morgan fingerprint density at radius 1 is 1.07 bits per heavy atom. The number of ether oxygens (including phenoxy) is 3. The number of hydrogen-bond donors (Lipinski definition) is 1. The van der Waals surface area contributed by atoms with Crippen LogP contribution in [-0.2, 0) is 19.7 Å². The average Bonchev–Trinajstić information content (AvgIpc) is 3.75. The predicted molar refractivity (Wildman–Crippen MR) is 151 cm³/mol. The number of methoxy groups -OCH3 is 1. The Hall–Kier alpha value is -3.53. The van der Waals surface area contributed by atoms with Crippen LogP contribution in [0, 0.1) is 5.92 Å². The molecule has 3 fully saturated rings. The molecule has 3 unspecified atom stereocenters. The van der Waals surface area contributed by atoms with Crippen molar-refractivity contribution in [3.8, 4) is 11.5 Å². The Balaban J connectivity index is 1.38. The number of piperidine rings is 1. The summed E-state index contributed by atoms with van der Waals surface area (Å²) >= 11 is 0. The van der Waals surface area contributed by atoms with Crippen molar-refractivity contribution in [1.29, 1.82) is 0 Å². The van der Waals surface area contributed by atoms with E-state index in [0.717, 1.165) is 25.1 Å². The molecular formula is C32H37F3N2O5. The van der Waals surface area contributed by atoms with E-state index in [-0.39, 0.29) is 23.7 Å². The number of nitrogens with zero attached hydrogens (tertiary/aromatic N) is 1. The van der Waals surface area contributed by atoms with E-state index in [1.54, 1.807) is 13.2 Å². The number of nitrogens with one attached hydrogen (secondary N) is 1. The summed E-state index contributed by atoms with van der Waals surface area (Å²) < 4.78 is 53.6. The van der Waals surface area contributed by atoms with Crippen LogP contribution < -0.4 is 14.8 Å². The van der Waals surface area contributed by atoms with E-state index in [0.29, 0.717) is 43.0 Å². The van der Waals surface area contributed by atoms with E-state index < -0.39 is 17.4 Å². The number of esters is 1. The zero-order chi connectivity index (χ0) is 30.0. The monoisotopic (exact) mass is 586 g/mol. The maximum atomic E-state index is 13.0. The highest BCUT2D eigenvalue weighted by atomic mass is 19.4. The molecule has 2 aromatic rings. The Kier molecular flexibility index (Phi) is 8.55. The van der Waals surface area contributed by atoms with Gasteiger partial charge in [-0.2, -0.15) is 0 Å². The molecule has 226 valence electrons. The number of amides is 1. The van der Waals surface area contributed by atoms with Gasteiger partial charge in [0.2, 0.25) is 5.91 Å². The van der Waals surface area contributed by atoms with Gasteiger partial charge in [0.05, 0.1) is 7.11 Å². The van der Waals surface area contributed by atoms with Crippen LogP contribution in [0.4, 0.5) is 13.2 Å². The molecule has 3 aliphatic rings. The maximum Gasteiger partial charge on any atom is 0.573 e. The lowest BCUT2D eigenvalue weighted by molar-refractivity contribution is -0.274. The van der Waals surface area contributed by atoms with Crippen LogP contribution in [0.2, 0.25) is 0 Å². The lowest BCUT2D eigenvalue weighted by Gasteiger charge is -2.59. The van der Waals surface area contributed by atoms with Crippen LogP contribution in [0.1, 0.15) is 56.6 Å². The van der Waals surface area contributed by atoms with Crippen LogP contribution in [0.15, 0.2) is 54.6 Å². The SMILES string of the molecule is COc1cccc(C23CCN(CC4CC4)CC2(OC(C)=O)CCC(NC(=O)/C=C/c2cccc(OC(F)(F)F)c2)C3)c1. The zero-order valence-electron chi connectivity index (χ0n) is 23.9.